The van der Waals surface area contributed by atoms with Crippen LogP contribution in [0.1, 0.15) is 18.4 Å². The van der Waals surface area contributed by atoms with Gasteiger partial charge in [-0.05, 0) is 49.7 Å². The molecular formula is C17H18N2O3S. The first-order valence-corrected chi connectivity index (χ1v) is 8.82. The molecule has 0 bridgehead atoms. The van der Waals surface area contributed by atoms with Crippen molar-refractivity contribution in [3.8, 4) is 0 Å². The number of aryl methyl sites for hydroxylation is 2. The topological polar surface area (TPSA) is 63.4 Å². The van der Waals surface area contributed by atoms with Crippen LogP contribution in [0.2, 0.25) is 0 Å². The summed E-state index contributed by atoms with van der Waals surface area (Å²) in [6.07, 6.45) is 0. The van der Waals surface area contributed by atoms with Crippen molar-refractivity contribution in [2.24, 2.45) is 0 Å². The summed E-state index contributed by atoms with van der Waals surface area (Å²) in [5, 5.41) is 0. The number of sulfonamides is 1. The molecule has 1 aromatic heterocycles. The Morgan fingerprint density at radius 1 is 1.13 bits per heavy atom. The van der Waals surface area contributed by atoms with E-state index in [1.165, 1.54) is 4.31 Å². The quantitative estimate of drug-likeness (QED) is 0.732. The standard InChI is InChI=1S/C17H18N2O3S/c1-4-19(14-7-5-6-12(2)10-14)23(20,21)15-8-9-17-16(11-15)18-13(3)22-17/h5-11H,4H2,1-3H3. The Hall–Kier alpha value is -2.34. The van der Waals surface area contributed by atoms with Gasteiger partial charge in [-0.25, -0.2) is 13.4 Å². The number of hydrogen-bond acceptors (Lipinski definition) is 4. The van der Waals surface area contributed by atoms with E-state index in [0.29, 0.717) is 29.2 Å². The van der Waals surface area contributed by atoms with Crippen molar-refractivity contribution >= 4 is 26.8 Å². The Morgan fingerprint density at radius 3 is 2.61 bits per heavy atom. The van der Waals surface area contributed by atoms with Gasteiger partial charge in [0, 0.05) is 13.5 Å². The number of aromatic nitrogens is 1. The average Bonchev–Trinajstić information content (AvgIpc) is 2.86. The van der Waals surface area contributed by atoms with Crippen molar-refractivity contribution in [1.29, 1.82) is 0 Å². The molecule has 5 nitrogen and oxygen atoms in total. The zero-order valence-electron chi connectivity index (χ0n) is 13.3. The van der Waals surface area contributed by atoms with E-state index < -0.39 is 10.0 Å². The Morgan fingerprint density at radius 2 is 1.91 bits per heavy atom. The molecule has 0 unspecified atom stereocenters. The van der Waals surface area contributed by atoms with E-state index in [1.807, 2.05) is 32.0 Å². The third-order valence-electron chi connectivity index (χ3n) is 3.63. The van der Waals surface area contributed by atoms with Gasteiger partial charge in [-0.3, -0.25) is 4.31 Å². The van der Waals surface area contributed by atoms with Crippen LogP contribution in [0.4, 0.5) is 5.69 Å². The van der Waals surface area contributed by atoms with Crippen molar-refractivity contribution in [2.75, 3.05) is 10.8 Å². The first-order chi connectivity index (χ1) is 10.9. The van der Waals surface area contributed by atoms with E-state index in [0.717, 1.165) is 5.56 Å². The Kier molecular flexibility index (Phi) is 3.85. The second-order valence-electron chi connectivity index (χ2n) is 5.37. The summed E-state index contributed by atoms with van der Waals surface area (Å²) in [7, 11) is -3.65. The van der Waals surface area contributed by atoms with Crippen molar-refractivity contribution in [3.05, 3.63) is 53.9 Å². The summed E-state index contributed by atoms with van der Waals surface area (Å²) >= 11 is 0. The van der Waals surface area contributed by atoms with Gasteiger partial charge in [-0.1, -0.05) is 12.1 Å². The van der Waals surface area contributed by atoms with Crippen LogP contribution in [-0.4, -0.2) is 19.9 Å². The van der Waals surface area contributed by atoms with Crippen molar-refractivity contribution in [3.63, 3.8) is 0 Å². The fraction of sp³-hybridized carbons (Fsp3) is 0.235. The monoisotopic (exact) mass is 330 g/mol. The Bertz CT molecular complexity index is 961. The van der Waals surface area contributed by atoms with Gasteiger partial charge in [0.2, 0.25) is 0 Å². The smallest absolute Gasteiger partial charge is 0.264 e. The molecule has 0 amide bonds. The van der Waals surface area contributed by atoms with E-state index in [4.69, 9.17) is 4.42 Å². The maximum atomic E-state index is 13.0. The molecule has 0 aliphatic rings. The van der Waals surface area contributed by atoms with Gasteiger partial charge in [0.05, 0.1) is 10.6 Å². The molecule has 0 saturated heterocycles. The molecule has 23 heavy (non-hydrogen) atoms. The third-order valence-corrected chi connectivity index (χ3v) is 5.53. The van der Waals surface area contributed by atoms with Gasteiger partial charge in [0.25, 0.3) is 10.0 Å². The lowest BCUT2D eigenvalue weighted by molar-refractivity contribution is 0.561. The van der Waals surface area contributed by atoms with E-state index in [-0.39, 0.29) is 4.90 Å². The molecule has 3 aromatic rings. The molecule has 120 valence electrons. The SMILES string of the molecule is CCN(c1cccc(C)c1)S(=O)(=O)c1ccc2oc(C)nc2c1. The van der Waals surface area contributed by atoms with Crippen LogP contribution in [0, 0.1) is 13.8 Å². The minimum Gasteiger partial charge on any atom is -0.441 e. The number of fused-ring (bicyclic) bond motifs is 1. The van der Waals surface area contributed by atoms with Crippen LogP contribution < -0.4 is 4.31 Å². The van der Waals surface area contributed by atoms with Gasteiger partial charge < -0.3 is 4.42 Å². The predicted molar refractivity (Wildman–Crippen MR) is 90.1 cm³/mol. The molecule has 2 aromatic carbocycles. The molecule has 0 fully saturated rings. The lowest BCUT2D eigenvalue weighted by atomic mass is 10.2. The van der Waals surface area contributed by atoms with Crippen LogP contribution in [0.3, 0.4) is 0 Å². The molecule has 0 saturated carbocycles. The highest BCUT2D eigenvalue weighted by atomic mass is 32.2. The predicted octanol–water partition coefficient (Wildman–Crippen LogP) is 3.66. The molecule has 6 heteroatoms. The van der Waals surface area contributed by atoms with Gasteiger partial charge in [0.15, 0.2) is 11.5 Å². The number of hydrogen-bond donors (Lipinski definition) is 0. The molecule has 0 aliphatic carbocycles. The zero-order valence-corrected chi connectivity index (χ0v) is 14.1. The van der Waals surface area contributed by atoms with Crippen molar-refractivity contribution < 1.29 is 12.8 Å². The maximum absolute atomic E-state index is 13.0. The van der Waals surface area contributed by atoms with E-state index in [2.05, 4.69) is 4.98 Å². The van der Waals surface area contributed by atoms with E-state index in [9.17, 15) is 8.42 Å². The van der Waals surface area contributed by atoms with Crippen LogP contribution in [0.15, 0.2) is 51.8 Å². The number of nitrogens with zero attached hydrogens (tertiary/aromatic N) is 2. The highest BCUT2D eigenvalue weighted by Gasteiger charge is 2.24. The summed E-state index contributed by atoms with van der Waals surface area (Å²) in [6, 6.07) is 12.2. The molecule has 0 aliphatic heterocycles. The first kappa shape index (κ1) is 15.6. The van der Waals surface area contributed by atoms with Crippen LogP contribution in [0.5, 0.6) is 0 Å². The fourth-order valence-corrected chi connectivity index (χ4v) is 4.07. The molecular weight excluding hydrogens is 312 g/mol. The second-order valence-corrected chi connectivity index (χ2v) is 7.23. The van der Waals surface area contributed by atoms with Gasteiger partial charge in [-0.15, -0.1) is 0 Å². The highest BCUT2D eigenvalue weighted by Crippen LogP contribution is 2.26. The summed E-state index contributed by atoms with van der Waals surface area (Å²) in [6.45, 7) is 5.84. The lowest BCUT2D eigenvalue weighted by Crippen LogP contribution is -2.30. The number of oxazole rings is 1. The molecule has 0 N–H and O–H groups in total. The number of rotatable bonds is 4. The largest absolute Gasteiger partial charge is 0.441 e. The maximum Gasteiger partial charge on any atom is 0.264 e. The van der Waals surface area contributed by atoms with Crippen LogP contribution >= 0.6 is 0 Å². The molecule has 0 spiro atoms. The van der Waals surface area contributed by atoms with Gasteiger partial charge >= 0.3 is 0 Å². The normalized spacial score (nSPS) is 11.8. The minimum absolute atomic E-state index is 0.210. The number of anilines is 1. The summed E-state index contributed by atoms with van der Waals surface area (Å²) in [5.74, 6) is 0.514. The van der Waals surface area contributed by atoms with Gasteiger partial charge in [0.1, 0.15) is 5.52 Å². The van der Waals surface area contributed by atoms with Crippen molar-refractivity contribution in [2.45, 2.75) is 25.7 Å². The Labute approximate surface area is 135 Å². The third kappa shape index (κ3) is 2.82. The van der Waals surface area contributed by atoms with Crippen molar-refractivity contribution in [1.82, 2.24) is 4.98 Å². The average molecular weight is 330 g/mol. The summed E-state index contributed by atoms with van der Waals surface area (Å²) in [4.78, 5) is 4.42. The van der Waals surface area contributed by atoms with Gasteiger partial charge in [-0.2, -0.15) is 0 Å². The summed E-state index contributed by atoms with van der Waals surface area (Å²) in [5.41, 5.74) is 2.80. The highest BCUT2D eigenvalue weighted by molar-refractivity contribution is 7.92. The van der Waals surface area contributed by atoms with Crippen LogP contribution in [0.25, 0.3) is 11.1 Å². The van der Waals surface area contributed by atoms with E-state index in [1.54, 1.807) is 31.2 Å². The lowest BCUT2D eigenvalue weighted by Gasteiger charge is -2.23. The molecule has 3 rings (SSSR count). The molecule has 0 atom stereocenters. The minimum atomic E-state index is -3.65. The van der Waals surface area contributed by atoms with Crippen LogP contribution in [-0.2, 0) is 10.0 Å². The zero-order chi connectivity index (χ0) is 16.6. The molecule has 0 radical (unpaired) electrons. The number of benzene rings is 2. The Balaban J connectivity index is 2.10. The molecule has 1 heterocycles. The first-order valence-electron chi connectivity index (χ1n) is 7.38. The fourth-order valence-electron chi connectivity index (χ4n) is 2.58. The van der Waals surface area contributed by atoms with E-state index >= 15 is 0 Å². The summed E-state index contributed by atoms with van der Waals surface area (Å²) < 4.78 is 32.8. The second kappa shape index (κ2) is 5.70.